The van der Waals surface area contributed by atoms with Crippen molar-refractivity contribution in [3.05, 3.63) is 85.1 Å². The third-order valence-corrected chi connectivity index (χ3v) is 13.1. The molecule has 0 radical (unpaired) electrons. The normalized spacial score (nSPS) is 12.7. The van der Waals surface area contributed by atoms with Crippen LogP contribution in [0.25, 0.3) is 0 Å². The summed E-state index contributed by atoms with van der Waals surface area (Å²) in [6.07, 6.45) is 79.0. The zero-order valence-electron chi connectivity index (χ0n) is 47.4. The minimum Gasteiger partial charge on any atom is -0.462 e. The number of carbonyl (C=O) groups excluding carboxylic acids is 3. The van der Waals surface area contributed by atoms with Crippen LogP contribution in [0.5, 0.6) is 0 Å². The lowest BCUT2D eigenvalue weighted by molar-refractivity contribution is -0.167. The molecule has 6 heteroatoms. The minimum atomic E-state index is -0.778. The number of hydrogen-bond acceptors (Lipinski definition) is 6. The van der Waals surface area contributed by atoms with Crippen LogP contribution in [-0.2, 0) is 28.6 Å². The Balaban J connectivity index is 4.13. The molecule has 0 aromatic carbocycles. The molecule has 0 saturated heterocycles. The number of esters is 3. The maximum atomic E-state index is 12.8. The van der Waals surface area contributed by atoms with Crippen molar-refractivity contribution in [3.63, 3.8) is 0 Å². The van der Waals surface area contributed by atoms with Gasteiger partial charge in [-0.05, 0) is 96.3 Å². The zero-order chi connectivity index (χ0) is 52.2. The van der Waals surface area contributed by atoms with Crippen LogP contribution in [0.1, 0.15) is 297 Å². The molecule has 0 aromatic rings. The minimum absolute atomic E-state index is 0.0789. The summed E-state index contributed by atoms with van der Waals surface area (Å²) in [5, 5.41) is 0. The lowest BCUT2D eigenvalue weighted by Gasteiger charge is -2.18. The van der Waals surface area contributed by atoms with Gasteiger partial charge in [-0.25, -0.2) is 0 Å². The summed E-state index contributed by atoms with van der Waals surface area (Å²) in [4.78, 5) is 38.0. The Morgan fingerprint density at radius 1 is 0.292 bits per heavy atom. The average molecular weight is 1000 g/mol. The van der Waals surface area contributed by atoms with Gasteiger partial charge < -0.3 is 14.2 Å². The highest BCUT2D eigenvalue weighted by atomic mass is 16.6. The zero-order valence-corrected chi connectivity index (χ0v) is 47.4. The van der Waals surface area contributed by atoms with E-state index in [2.05, 4.69) is 106 Å². The van der Waals surface area contributed by atoms with Gasteiger partial charge >= 0.3 is 17.9 Å². The molecule has 0 N–H and O–H groups in total. The van der Waals surface area contributed by atoms with Crippen molar-refractivity contribution < 1.29 is 28.6 Å². The molecule has 0 heterocycles. The van der Waals surface area contributed by atoms with Crippen LogP contribution in [0, 0.1) is 0 Å². The molecule has 0 aliphatic carbocycles. The molecule has 0 amide bonds. The number of unbranched alkanes of at least 4 members (excludes halogenated alkanes) is 30. The lowest BCUT2D eigenvalue weighted by Crippen LogP contribution is -2.30. The van der Waals surface area contributed by atoms with Gasteiger partial charge in [0, 0.05) is 19.3 Å². The smallest absolute Gasteiger partial charge is 0.306 e. The maximum absolute atomic E-state index is 12.8. The molecule has 6 nitrogen and oxygen atoms in total. The van der Waals surface area contributed by atoms with Crippen LogP contribution < -0.4 is 0 Å². The molecule has 0 aromatic heterocycles. The Kier molecular flexibility index (Phi) is 57.3. The van der Waals surface area contributed by atoms with Crippen LogP contribution in [0.2, 0.25) is 0 Å². The largest absolute Gasteiger partial charge is 0.462 e. The quantitative estimate of drug-likeness (QED) is 0.0261. The fraction of sp³-hybridized carbons (Fsp3) is 0.742. The summed E-state index contributed by atoms with van der Waals surface area (Å²) in [7, 11) is 0. The monoisotopic (exact) mass is 1000 g/mol. The Hall–Kier alpha value is -3.41. The van der Waals surface area contributed by atoms with Gasteiger partial charge in [0.2, 0.25) is 0 Å². The topological polar surface area (TPSA) is 78.9 Å². The van der Waals surface area contributed by atoms with Crippen molar-refractivity contribution in [2.45, 2.75) is 303 Å². The van der Waals surface area contributed by atoms with E-state index in [-0.39, 0.29) is 31.1 Å². The molecule has 0 aliphatic rings. The molecule has 72 heavy (non-hydrogen) atoms. The second-order valence-electron chi connectivity index (χ2n) is 20.2. The summed E-state index contributed by atoms with van der Waals surface area (Å²) in [6.45, 7) is 6.47. The van der Waals surface area contributed by atoms with Crippen molar-refractivity contribution in [2.24, 2.45) is 0 Å². The first-order chi connectivity index (χ1) is 35.5. The van der Waals surface area contributed by atoms with Crippen LogP contribution in [0.3, 0.4) is 0 Å². The fourth-order valence-corrected chi connectivity index (χ4v) is 8.56. The number of rotatable bonds is 55. The van der Waals surface area contributed by atoms with Gasteiger partial charge in [-0.2, -0.15) is 0 Å². The van der Waals surface area contributed by atoms with Gasteiger partial charge in [-0.3, -0.25) is 14.4 Å². The van der Waals surface area contributed by atoms with Crippen LogP contribution in [0.4, 0.5) is 0 Å². The summed E-state index contributed by atoms with van der Waals surface area (Å²) in [5.41, 5.74) is 0. The summed E-state index contributed by atoms with van der Waals surface area (Å²) in [6, 6.07) is 0. The first kappa shape index (κ1) is 68.6. The molecule has 1 atom stereocenters. The number of ether oxygens (including phenoxy) is 3. The van der Waals surface area contributed by atoms with Crippen molar-refractivity contribution in [3.8, 4) is 0 Å². The van der Waals surface area contributed by atoms with E-state index in [1.807, 2.05) is 0 Å². The van der Waals surface area contributed by atoms with Crippen LogP contribution >= 0.6 is 0 Å². The highest BCUT2D eigenvalue weighted by Gasteiger charge is 2.19. The van der Waals surface area contributed by atoms with Crippen molar-refractivity contribution in [2.75, 3.05) is 13.2 Å². The van der Waals surface area contributed by atoms with Gasteiger partial charge in [0.1, 0.15) is 13.2 Å². The van der Waals surface area contributed by atoms with E-state index in [9.17, 15) is 14.4 Å². The third kappa shape index (κ3) is 57.5. The standard InChI is InChI=1S/C66H114O6/c1-4-7-10-13-16-18-20-22-24-26-28-30-32-33-35-36-38-40-42-44-46-48-50-53-56-59-65(68)71-62-63(61-70-64(67)58-55-52-15-12-9-6-3)72-66(69)60-57-54-51-49-47-45-43-41-39-37-34-31-29-27-25-23-21-19-17-14-11-8-5-2/h7,10,16,18,21-24,27-30,34,37,63H,4-6,8-9,11-15,17,19-20,25-26,31-33,35-36,38-62H2,1-3H3/b10-7-,18-16-,23-21-,24-22-,29-27-,30-28-,37-34-. The molecular formula is C66H114O6. The predicted molar refractivity (Wildman–Crippen MR) is 311 cm³/mol. The number of hydrogen-bond donors (Lipinski definition) is 0. The summed E-state index contributed by atoms with van der Waals surface area (Å²) < 4.78 is 16.8. The van der Waals surface area contributed by atoms with Crippen molar-refractivity contribution >= 4 is 17.9 Å². The molecule has 0 saturated carbocycles. The lowest BCUT2D eigenvalue weighted by atomic mass is 10.0. The molecule has 0 spiro atoms. The average Bonchev–Trinajstić information content (AvgIpc) is 3.38. The first-order valence-electron chi connectivity index (χ1n) is 30.6. The molecule has 0 fully saturated rings. The molecule has 0 rings (SSSR count). The second-order valence-corrected chi connectivity index (χ2v) is 20.2. The SMILES string of the molecule is CC/C=C\C/C=C\C/C=C\C/C=C\CCCCCCCCCCCCCCC(=O)OCC(COC(=O)CCCCCCCC)OC(=O)CCCCCCCCCC/C=C\C/C=C\C/C=C\CCCCCCC. The Morgan fingerprint density at radius 2 is 0.542 bits per heavy atom. The molecular weight excluding hydrogens is 889 g/mol. The van der Waals surface area contributed by atoms with Crippen molar-refractivity contribution in [1.29, 1.82) is 0 Å². The van der Waals surface area contributed by atoms with E-state index in [4.69, 9.17) is 14.2 Å². The third-order valence-electron chi connectivity index (χ3n) is 13.1. The first-order valence-corrected chi connectivity index (χ1v) is 30.6. The van der Waals surface area contributed by atoms with E-state index in [1.165, 1.54) is 154 Å². The number of carbonyl (C=O) groups is 3. The Labute approximate surface area is 445 Å². The fourth-order valence-electron chi connectivity index (χ4n) is 8.56. The van der Waals surface area contributed by atoms with E-state index >= 15 is 0 Å². The summed E-state index contributed by atoms with van der Waals surface area (Å²) in [5.74, 6) is -0.890. The highest BCUT2D eigenvalue weighted by Crippen LogP contribution is 2.16. The second kappa shape index (κ2) is 60.1. The summed E-state index contributed by atoms with van der Waals surface area (Å²) >= 11 is 0. The Bertz CT molecular complexity index is 1380. The molecule has 0 bridgehead atoms. The van der Waals surface area contributed by atoms with E-state index < -0.39 is 6.10 Å². The van der Waals surface area contributed by atoms with E-state index in [0.717, 1.165) is 103 Å². The molecule has 1 unspecified atom stereocenters. The van der Waals surface area contributed by atoms with Gasteiger partial charge in [-0.1, -0.05) is 266 Å². The van der Waals surface area contributed by atoms with E-state index in [1.54, 1.807) is 0 Å². The molecule has 414 valence electrons. The van der Waals surface area contributed by atoms with Gasteiger partial charge in [-0.15, -0.1) is 0 Å². The van der Waals surface area contributed by atoms with Gasteiger partial charge in [0.15, 0.2) is 6.10 Å². The Morgan fingerprint density at radius 3 is 0.847 bits per heavy atom. The van der Waals surface area contributed by atoms with Crippen LogP contribution in [-0.4, -0.2) is 37.2 Å². The number of allylic oxidation sites excluding steroid dienone is 14. The van der Waals surface area contributed by atoms with E-state index in [0.29, 0.717) is 19.3 Å². The molecule has 0 aliphatic heterocycles. The maximum Gasteiger partial charge on any atom is 0.306 e. The predicted octanol–water partition coefficient (Wildman–Crippen LogP) is 20.7. The van der Waals surface area contributed by atoms with Gasteiger partial charge in [0.25, 0.3) is 0 Å². The van der Waals surface area contributed by atoms with Crippen LogP contribution in [0.15, 0.2) is 85.1 Å². The van der Waals surface area contributed by atoms with Gasteiger partial charge in [0.05, 0.1) is 0 Å². The highest BCUT2D eigenvalue weighted by molar-refractivity contribution is 5.71. The van der Waals surface area contributed by atoms with Crippen molar-refractivity contribution in [1.82, 2.24) is 0 Å².